The van der Waals surface area contributed by atoms with Crippen molar-refractivity contribution in [3.8, 4) is 0 Å². The van der Waals surface area contributed by atoms with E-state index in [9.17, 15) is 9.59 Å². The first-order chi connectivity index (χ1) is 13.0. The normalized spacial score (nSPS) is 10.3. The van der Waals surface area contributed by atoms with Crippen LogP contribution in [0.2, 0.25) is 0 Å². The topological polar surface area (TPSA) is 49.4 Å². The van der Waals surface area contributed by atoms with E-state index in [-0.39, 0.29) is 0 Å². The van der Waals surface area contributed by atoms with Crippen LogP contribution in [-0.2, 0) is 16.1 Å². The third-order valence-electron chi connectivity index (χ3n) is 4.33. The van der Waals surface area contributed by atoms with Crippen LogP contribution < -0.4 is 10.2 Å². The van der Waals surface area contributed by atoms with Gasteiger partial charge in [-0.25, -0.2) is 0 Å². The fourth-order valence-electron chi connectivity index (χ4n) is 2.82. The number of rotatable bonds is 4. The molecular weight excluding hydrogens is 336 g/mol. The summed E-state index contributed by atoms with van der Waals surface area (Å²) >= 11 is 0. The summed E-state index contributed by atoms with van der Waals surface area (Å²) in [6.45, 7) is 4.17. The van der Waals surface area contributed by atoms with Gasteiger partial charge in [0.2, 0.25) is 0 Å². The molecule has 3 rings (SSSR count). The minimum absolute atomic E-state index is 0.323. The van der Waals surface area contributed by atoms with Crippen molar-refractivity contribution in [3.63, 3.8) is 0 Å². The van der Waals surface area contributed by atoms with Gasteiger partial charge in [-0.2, -0.15) is 0 Å². The van der Waals surface area contributed by atoms with Gasteiger partial charge in [0, 0.05) is 11.4 Å². The van der Waals surface area contributed by atoms with Crippen LogP contribution >= 0.6 is 0 Å². The molecule has 0 saturated heterocycles. The highest BCUT2D eigenvalue weighted by Crippen LogP contribution is 2.20. The van der Waals surface area contributed by atoms with Crippen molar-refractivity contribution in [2.24, 2.45) is 0 Å². The molecule has 0 aliphatic carbocycles. The van der Waals surface area contributed by atoms with E-state index in [4.69, 9.17) is 0 Å². The second-order valence-corrected chi connectivity index (χ2v) is 6.48. The lowest BCUT2D eigenvalue weighted by Gasteiger charge is -2.22. The predicted octanol–water partition coefficient (Wildman–Crippen LogP) is 4.48. The van der Waals surface area contributed by atoms with Crippen LogP contribution in [-0.4, -0.2) is 11.8 Å². The molecule has 3 aromatic carbocycles. The van der Waals surface area contributed by atoms with Crippen molar-refractivity contribution in [2.75, 3.05) is 10.2 Å². The molecule has 3 aromatic rings. The molecule has 0 bridgehead atoms. The number of nitrogens with zero attached hydrogens (tertiary/aromatic N) is 1. The van der Waals surface area contributed by atoms with Crippen LogP contribution in [0.1, 0.15) is 16.7 Å². The Morgan fingerprint density at radius 1 is 0.852 bits per heavy atom. The summed E-state index contributed by atoms with van der Waals surface area (Å²) in [5.74, 6) is -1.24. The summed E-state index contributed by atoms with van der Waals surface area (Å²) in [4.78, 5) is 27.1. The summed E-state index contributed by atoms with van der Waals surface area (Å²) < 4.78 is 0. The van der Waals surface area contributed by atoms with E-state index in [0.717, 1.165) is 16.7 Å². The Morgan fingerprint density at radius 2 is 1.48 bits per heavy atom. The van der Waals surface area contributed by atoms with Gasteiger partial charge in [-0.05, 0) is 48.7 Å². The Balaban J connectivity index is 1.86. The molecule has 0 aromatic heterocycles. The molecule has 4 nitrogen and oxygen atoms in total. The van der Waals surface area contributed by atoms with Crippen LogP contribution in [0.3, 0.4) is 0 Å². The van der Waals surface area contributed by atoms with E-state index in [1.807, 2.05) is 92.7 Å². The van der Waals surface area contributed by atoms with Gasteiger partial charge in [0.15, 0.2) is 0 Å². The van der Waals surface area contributed by atoms with Gasteiger partial charge in [0.25, 0.3) is 0 Å². The number of hydrogen-bond acceptors (Lipinski definition) is 2. The van der Waals surface area contributed by atoms with Gasteiger partial charge < -0.3 is 5.32 Å². The average molecular weight is 358 g/mol. The fraction of sp³-hybridized carbons (Fsp3) is 0.130. The van der Waals surface area contributed by atoms with E-state index >= 15 is 0 Å². The van der Waals surface area contributed by atoms with E-state index in [1.54, 1.807) is 0 Å². The van der Waals surface area contributed by atoms with Gasteiger partial charge in [-0.15, -0.1) is 0 Å². The molecular formula is C23H22N2O2. The first-order valence-corrected chi connectivity index (χ1v) is 8.83. The highest BCUT2D eigenvalue weighted by atomic mass is 16.2. The molecule has 0 fully saturated rings. The molecule has 136 valence electrons. The quantitative estimate of drug-likeness (QED) is 0.699. The average Bonchev–Trinajstić information content (AvgIpc) is 2.70. The lowest BCUT2D eigenvalue weighted by molar-refractivity contribution is -0.134. The summed E-state index contributed by atoms with van der Waals surface area (Å²) in [6.07, 6.45) is 0. The molecule has 1 N–H and O–H groups in total. The predicted molar refractivity (Wildman–Crippen MR) is 109 cm³/mol. The maximum Gasteiger partial charge on any atom is 0.316 e. The van der Waals surface area contributed by atoms with Gasteiger partial charge >= 0.3 is 11.8 Å². The fourth-order valence-corrected chi connectivity index (χ4v) is 2.82. The van der Waals surface area contributed by atoms with Crippen LogP contribution in [0.5, 0.6) is 0 Å². The third-order valence-corrected chi connectivity index (χ3v) is 4.33. The molecule has 0 saturated carbocycles. The van der Waals surface area contributed by atoms with E-state index in [2.05, 4.69) is 5.32 Å². The van der Waals surface area contributed by atoms with E-state index in [1.165, 1.54) is 4.90 Å². The number of carbonyl (C=O) groups excluding carboxylic acids is 2. The monoisotopic (exact) mass is 358 g/mol. The molecule has 2 amide bonds. The zero-order valence-electron chi connectivity index (χ0n) is 15.5. The molecule has 0 aliphatic heterocycles. The van der Waals surface area contributed by atoms with Crippen LogP contribution in [0.4, 0.5) is 11.4 Å². The maximum atomic E-state index is 13.0. The van der Waals surface area contributed by atoms with Crippen molar-refractivity contribution >= 4 is 23.2 Å². The number of nitrogens with one attached hydrogen (secondary N) is 1. The number of anilines is 2. The Labute approximate surface area is 159 Å². The van der Waals surface area contributed by atoms with Crippen LogP contribution in [0.25, 0.3) is 0 Å². The summed E-state index contributed by atoms with van der Waals surface area (Å²) in [6, 6.07) is 24.6. The number of para-hydroxylation sites is 1. The van der Waals surface area contributed by atoms with Gasteiger partial charge in [-0.3, -0.25) is 14.5 Å². The van der Waals surface area contributed by atoms with Crippen molar-refractivity contribution in [1.29, 1.82) is 0 Å². The molecule has 4 heteroatoms. The van der Waals surface area contributed by atoms with Gasteiger partial charge in [0.05, 0.1) is 6.54 Å². The zero-order chi connectivity index (χ0) is 19.2. The van der Waals surface area contributed by atoms with Crippen molar-refractivity contribution in [2.45, 2.75) is 20.4 Å². The largest absolute Gasteiger partial charge is 0.318 e. The molecule has 0 unspecified atom stereocenters. The van der Waals surface area contributed by atoms with E-state index < -0.39 is 11.8 Å². The Kier molecular flexibility index (Phi) is 5.67. The number of aryl methyl sites for hydroxylation is 2. The third kappa shape index (κ3) is 4.61. The highest BCUT2D eigenvalue weighted by Gasteiger charge is 2.24. The lowest BCUT2D eigenvalue weighted by Crippen LogP contribution is -2.39. The zero-order valence-corrected chi connectivity index (χ0v) is 15.5. The minimum atomic E-state index is -0.650. The van der Waals surface area contributed by atoms with Gasteiger partial charge in [0.1, 0.15) is 0 Å². The summed E-state index contributed by atoms with van der Waals surface area (Å²) in [5, 5.41) is 2.76. The molecule has 0 spiro atoms. The van der Waals surface area contributed by atoms with E-state index in [0.29, 0.717) is 17.9 Å². The second kappa shape index (κ2) is 8.32. The number of benzene rings is 3. The molecule has 0 heterocycles. The van der Waals surface area contributed by atoms with Crippen molar-refractivity contribution < 1.29 is 9.59 Å². The molecule has 27 heavy (non-hydrogen) atoms. The molecule has 0 atom stereocenters. The Hall–Kier alpha value is -3.40. The summed E-state index contributed by atoms with van der Waals surface area (Å²) in [5.41, 5.74) is 4.22. The highest BCUT2D eigenvalue weighted by molar-refractivity contribution is 6.44. The van der Waals surface area contributed by atoms with Crippen molar-refractivity contribution in [3.05, 3.63) is 95.6 Å². The van der Waals surface area contributed by atoms with Gasteiger partial charge in [-0.1, -0.05) is 60.7 Å². The van der Waals surface area contributed by atoms with Crippen molar-refractivity contribution in [1.82, 2.24) is 0 Å². The Morgan fingerprint density at radius 3 is 2.15 bits per heavy atom. The first kappa shape index (κ1) is 18.4. The van der Waals surface area contributed by atoms with Crippen LogP contribution in [0, 0.1) is 13.8 Å². The number of amides is 2. The SMILES string of the molecule is Cc1ccc(C)c(NC(=O)C(=O)N(Cc2ccccc2)c2ccccc2)c1. The number of hydrogen-bond donors (Lipinski definition) is 1. The number of carbonyl (C=O) groups is 2. The maximum absolute atomic E-state index is 13.0. The van der Waals surface area contributed by atoms with Crippen LogP contribution in [0.15, 0.2) is 78.9 Å². The lowest BCUT2D eigenvalue weighted by atomic mass is 10.1. The molecule has 0 radical (unpaired) electrons. The summed E-state index contributed by atoms with van der Waals surface area (Å²) in [7, 11) is 0. The second-order valence-electron chi connectivity index (χ2n) is 6.48. The molecule has 0 aliphatic rings. The minimum Gasteiger partial charge on any atom is -0.318 e. The first-order valence-electron chi connectivity index (χ1n) is 8.83. The Bertz CT molecular complexity index is 937. The smallest absolute Gasteiger partial charge is 0.316 e. The standard InChI is InChI=1S/C23H22N2O2/c1-17-13-14-18(2)21(15-17)24-22(26)23(27)25(20-11-7-4-8-12-20)16-19-9-5-3-6-10-19/h3-15H,16H2,1-2H3,(H,24,26).